The normalized spacial score (nSPS) is 30.2. The van der Waals surface area contributed by atoms with Crippen molar-refractivity contribution in [2.24, 2.45) is 5.92 Å². The molecule has 0 aromatic heterocycles. The first-order valence-electron chi connectivity index (χ1n) is 10.5. The molecule has 0 N–H and O–H groups in total. The van der Waals surface area contributed by atoms with Crippen LogP contribution in [-0.4, -0.2) is 26.1 Å². The zero-order valence-corrected chi connectivity index (χ0v) is 17.6. The average molecular weight is 452 g/mol. The van der Waals surface area contributed by atoms with E-state index < -0.39 is 15.6 Å². The highest BCUT2D eigenvalue weighted by Crippen LogP contribution is 2.59. The molecule has 1 saturated carbocycles. The van der Waals surface area contributed by atoms with Crippen LogP contribution < -0.4 is 4.18 Å². The molecule has 3 aliphatic rings. The van der Waals surface area contributed by atoms with E-state index in [1.54, 1.807) is 6.07 Å². The van der Waals surface area contributed by atoms with Crippen molar-refractivity contribution in [2.45, 2.75) is 55.0 Å². The van der Waals surface area contributed by atoms with Crippen LogP contribution in [0, 0.1) is 5.92 Å². The third kappa shape index (κ3) is 3.44. The molecule has 31 heavy (non-hydrogen) atoms. The fourth-order valence-electron chi connectivity index (χ4n) is 5.67. The van der Waals surface area contributed by atoms with Gasteiger partial charge in [0.25, 0.3) is 0 Å². The summed E-state index contributed by atoms with van der Waals surface area (Å²) in [5.41, 5.74) is -2.64. The molecule has 0 amide bonds. The summed E-state index contributed by atoms with van der Waals surface area (Å²) in [7, 11) is -5.70. The van der Waals surface area contributed by atoms with Gasteiger partial charge in [0.1, 0.15) is 5.75 Å². The minimum atomic E-state index is -5.70. The number of alkyl halides is 3. The van der Waals surface area contributed by atoms with E-state index in [-0.39, 0.29) is 16.8 Å². The molecular weight excluding hydrogens is 429 g/mol. The van der Waals surface area contributed by atoms with Gasteiger partial charge in [0.2, 0.25) is 0 Å². The van der Waals surface area contributed by atoms with Gasteiger partial charge in [-0.15, -0.1) is 0 Å². The Labute approximate surface area is 179 Å². The van der Waals surface area contributed by atoms with Crippen LogP contribution in [0.2, 0.25) is 0 Å². The fourth-order valence-corrected chi connectivity index (χ4v) is 6.12. The minimum Gasteiger partial charge on any atom is -0.376 e. The average Bonchev–Trinajstić information content (AvgIpc) is 3.49. The van der Waals surface area contributed by atoms with Crippen LogP contribution >= 0.6 is 0 Å². The molecule has 1 unspecified atom stereocenters. The largest absolute Gasteiger partial charge is 0.534 e. The van der Waals surface area contributed by atoms with E-state index in [0.717, 1.165) is 49.8 Å². The molecule has 2 aliphatic carbocycles. The lowest BCUT2D eigenvalue weighted by Crippen LogP contribution is -2.44. The predicted octanol–water partition coefficient (Wildman–Crippen LogP) is 5.11. The zero-order valence-electron chi connectivity index (χ0n) is 16.8. The van der Waals surface area contributed by atoms with E-state index in [9.17, 15) is 21.6 Å². The Morgan fingerprint density at radius 1 is 1.06 bits per heavy atom. The maximum Gasteiger partial charge on any atom is 0.534 e. The van der Waals surface area contributed by atoms with Crippen molar-refractivity contribution in [3.05, 3.63) is 65.2 Å². The Kier molecular flexibility index (Phi) is 4.68. The Morgan fingerprint density at radius 2 is 1.81 bits per heavy atom. The Hall–Kier alpha value is -2.06. The van der Waals surface area contributed by atoms with Gasteiger partial charge in [0, 0.05) is 5.41 Å². The van der Waals surface area contributed by atoms with Gasteiger partial charge in [0.15, 0.2) is 0 Å². The summed E-state index contributed by atoms with van der Waals surface area (Å²) in [5, 5.41) is 0. The van der Waals surface area contributed by atoms with Gasteiger partial charge in [-0.3, -0.25) is 0 Å². The molecule has 5 rings (SSSR count). The van der Waals surface area contributed by atoms with Gasteiger partial charge in [-0.25, -0.2) is 0 Å². The molecule has 1 aliphatic heterocycles. The van der Waals surface area contributed by atoms with Crippen molar-refractivity contribution in [1.82, 2.24) is 0 Å². The van der Waals surface area contributed by atoms with Crippen LogP contribution in [0.4, 0.5) is 13.2 Å². The molecule has 2 fully saturated rings. The lowest BCUT2D eigenvalue weighted by molar-refractivity contribution is -0.0500. The molecule has 0 radical (unpaired) electrons. The number of aryl methyl sites for hydroxylation is 1. The van der Waals surface area contributed by atoms with Crippen molar-refractivity contribution < 1.29 is 30.5 Å². The molecule has 2 aromatic rings. The quantitative estimate of drug-likeness (QED) is 0.369. The van der Waals surface area contributed by atoms with Crippen LogP contribution in [0.1, 0.15) is 48.8 Å². The monoisotopic (exact) mass is 452 g/mol. The second-order valence-electron chi connectivity index (χ2n) is 8.90. The molecule has 3 atom stereocenters. The van der Waals surface area contributed by atoms with E-state index in [0.29, 0.717) is 12.3 Å². The van der Waals surface area contributed by atoms with Crippen LogP contribution in [-0.2, 0) is 26.7 Å². The number of fused-ring (bicyclic) bond motifs is 3. The second-order valence-corrected chi connectivity index (χ2v) is 10.4. The van der Waals surface area contributed by atoms with Gasteiger partial charge < -0.3 is 8.92 Å². The van der Waals surface area contributed by atoms with Gasteiger partial charge in [-0.1, -0.05) is 36.4 Å². The minimum absolute atomic E-state index is 0.0166. The highest BCUT2D eigenvalue weighted by molar-refractivity contribution is 7.88. The third-order valence-corrected chi connectivity index (χ3v) is 8.16. The molecule has 4 nitrogen and oxygen atoms in total. The Bertz CT molecular complexity index is 1090. The summed E-state index contributed by atoms with van der Waals surface area (Å²) in [4.78, 5) is 0. The maximum atomic E-state index is 12.8. The third-order valence-electron chi connectivity index (χ3n) is 7.18. The maximum absolute atomic E-state index is 12.8. The van der Waals surface area contributed by atoms with Gasteiger partial charge >= 0.3 is 15.6 Å². The van der Waals surface area contributed by atoms with E-state index in [4.69, 9.17) is 4.74 Å². The Balaban J connectivity index is 1.60. The van der Waals surface area contributed by atoms with E-state index in [1.807, 2.05) is 18.2 Å². The first-order valence-corrected chi connectivity index (χ1v) is 11.9. The molecule has 8 heteroatoms. The SMILES string of the molecule is O=S(=O)(Oc1ccc2c(c1)CCC[C@H]1C[C@]3(CCC21c1ccccc1)CO3)C(F)(F)F. The van der Waals surface area contributed by atoms with E-state index in [2.05, 4.69) is 16.3 Å². The highest BCUT2D eigenvalue weighted by Gasteiger charge is 2.57. The first kappa shape index (κ1) is 20.8. The van der Waals surface area contributed by atoms with Gasteiger partial charge in [-0.2, -0.15) is 21.6 Å². The number of hydrogen-bond donors (Lipinski definition) is 0. The molecule has 0 bridgehead atoms. The number of halogens is 3. The molecule has 166 valence electrons. The van der Waals surface area contributed by atoms with Crippen LogP contribution in [0.25, 0.3) is 0 Å². The summed E-state index contributed by atoms with van der Waals surface area (Å²) in [6.45, 7) is 0.795. The smallest absolute Gasteiger partial charge is 0.376 e. The first-order chi connectivity index (χ1) is 14.7. The number of epoxide rings is 1. The standard InChI is InChI=1S/C23H23F3O4S/c24-23(25,26)31(27,28)30-19-9-10-20-16(13-19)5-4-8-18-14-21(15-29-21)11-12-22(18,20)17-6-2-1-3-7-17/h1-3,6-7,9-10,13,18H,4-5,8,11-12,14-15H2/t18-,21+,22?/m0/s1. The number of hydrogen-bond acceptors (Lipinski definition) is 4. The summed E-state index contributed by atoms with van der Waals surface area (Å²) in [6.07, 6.45) is 5.29. The van der Waals surface area contributed by atoms with Crippen molar-refractivity contribution in [3.63, 3.8) is 0 Å². The van der Waals surface area contributed by atoms with E-state index in [1.165, 1.54) is 17.7 Å². The second kappa shape index (κ2) is 6.97. The summed E-state index contributed by atoms with van der Waals surface area (Å²) < 4.78 is 71.5. The lowest BCUT2D eigenvalue weighted by atomic mass is 9.56. The summed E-state index contributed by atoms with van der Waals surface area (Å²) in [6, 6.07) is 14.8. The Morgan fingerprint density at radius 3 is 2.48 bits per heavy atom. The zero-order chi connectivity index (χ0) is 21.9. The topological polar surface area (TPSA) is 55.9 Å². The molecule has 2 aromatic carbocycles. The van der Waals surface area contributed by atoms with Crippen molar-refractivity contribution >= 4 is 10.1 Å². The lowest BCUT2D eigenvalue weighted by Gasteiger charge is -2.47. The van der Waals surface area contributed by atoms with Crippen LogP contribution in [0.3, 0.4) is 0 Å². The number of rotatable bonds is 3. The fraction of sp³-hybridized carbons (Fsp3) is 0.478. The van der Waals surface area contributed by atoms with Crippen LogP contribution in [0.15, 0.2) is 48.5 Å². The predicted molar refractivity (Wildman–Crippen MR) is 108 cm³/mol. The number of benzene rings is 2. The summed E-state index contributed by atoms with van der Waals surface area (Å²) >= 11 is 0. The van der Waals surface area contributed by atoms with Gasteiger partial charge in [0.05, 0.1) is 12.2 Å². The van der Waals surface area contributed by atoms with Crippen molar-refractivity contribution in [2.75, 3.05) is 6.61 Å². The van der Waals surface area contributed by atoms with Gasteiger partial charge in [-0.05, 0) is 73.3 Å². The molecular formula is C23H23F3O4S. The summed E-state index contributed by atoms with van der Waals surface area (Å²) in [5.74, 6) is 0.0496. The molecule has 1 heterocycles. The molecule has 1 saturated heterocycles. The number of ether oxygens (including phenoxy) is 1. The van der Waals surface area contributed by atoms with Crippen molar-refractivity contribution in [3.8, 4) is 5.75 Å². The van der Waals surface area contributed by atoms with Crippen molar-refractivity contribution in [1.29, 1.82) is 0 Å². The van der Waals surface area contributed by atoms with Crippen LogP contribution in [0.5, 0.6) is 5.75 Å². The molecule has 1 spiro atoms. The highest BCUT2D eigenvalue weighted by atomic mass is 32.2. The van der Waals surface area contributed by atoms with E-state index >= 15 is 0 Å².